The van der Waals surface area contributed by atoms with Crippen LogP contribution >= 0.6 is 45.7 Å². The summed E-state index contributed by atoms with van der Waals surface area (Å²) in [6, 6.07) is 0. The first-order chi connectivity index (χ1) is 3.27. The number of halogens is 2. The molecule has 0 atom stereocenters. The molecule has 0 spiro atoms. The van der Waals surface area contributed by atoms with Crippen LogP contribution in [0.3, 0.4) is 0 Å². The minimum absolute atomic E-state index is 0.864. The molecule has 0 rings (SSSR count). The molecule has 0 aromatic carbocycles. The van der Waals surface area contributed by atoms with Gasteiger partial charge in [0.05, 0.1) is 45.7 Å². The van der Waals surface area contributed by atoms with E-state index < -0.39 is 0 Å². The van der Waals surface area contributed by atoms with Gasteiger partial charge in [-0.25, -0.2) is 1.33 Å². The Hall–Kier alpha value is 0.930. The van der Waals surface area contributed by atoms with E-state index in [0.717, 1.165) is 6.54 Å². The number of hydrogen-bond acceptors (Lipinski definition) is 1. The van der Waals surface area contributed by atoms with E-state index in [1.807, 2.05) is 8.25 Å². The van der Waals surface area contributed by atoms with Gasteiger partial charge in [-0.3, -0.25) is 4.99 Å². The Balaban J connectivity index is 3.08. The van der Waals surface area contributed by atoms with Crippen LogP contribution < -0.4 is 0 Å². The summed E-state index contributed by atoms with van der Waals surface area (Å²) in [4.78, 5) is 3.96. The van der Waals surface area contributed by atoms with Gasteiger partial charge in [-0.05, 0) is 6.92 Å². The Morgan fingerprint density at radius 1 is 1.71 bits per heavy atom. The fourth-order valence-electron chi connectivity index (χ4n) is 0.143. The molecule has 0 saturated heterocycles. The summed E-state index contributed by atoms with van der Waals surface area (Å²) in [5.41, 5.74) is 0. The Kier molecular flexibility index (Phi) is 5.75. The lowest BCUT2D eigenvalue weighted by Crippen LogP contribution is -1.88. The highest BCUT2D eigenvalue weighted by atomic mass is 127. The topological polar surface area (TPSA) is 15.6 Å². The van der Waals surface area contributed by atoms with Crippen molar-refractivity contribution < 1.29 is 0 Å². The van der Waals surface area contributed by atoms with Crippen LogP contribution in [0.2, 0.25) is 0 Å². The predicted molar refractivity (Wildman–Crippen MR) is 48.9 cm³/mol. The lowest BCUT2D eigenvalue weighted by Gasteiger charge is -1.92. The summed E-state index contributed by atoms with van der Waals surface area (Å²) in [6.07, 6.45) is 1.78. The quantitative estimate of drug-likeness (QED) is 0.329. The third-order valence-corrected chi connectivity index (χ3v) is 0.850. The van der Waals surface area contributed by atoms with Gasteiger partial charge in [0.2, 0.25) is 0 Å². The molecule has 0 unspecified atom stereocenters. The van der Waals surface area contributed by atoms with Gasteiger partial charge in [-0.15, -0.1) is 0 Å². The van der Waals surface area contributed by atoms with Crippen molar-refractivity contribution in [2.75, 3.05) is 6.54 Å². The molecule has 0 heterocycles. The average molecular weight is 324 g/mol. The van der Waals surface area contributed by atoms with Crippen LogP contribution in [0.25, 0.3) is 0 Å². The zero-order valence-electron chi connectivity index (χ0n) is 3.93. The first kappa shape index (κ1) is 7.93. The second-order valence-electron chi connectivity index (χ2n) is 0.873. The summed E-state index contributed by atoms with van der Waals surface area (Å²) in [5.74, 6) is 0. The van der Waals surface area contributed by atoms with E-state index in [1.165, 1.54) is 0 Å². The standard InChI is InChI=1S/C3H6I2N2/c1-2-6-3-7(4)5/h3H,2H2,1H3. The molecular weight excluding hydrogens is 318 g/mol. The third kappa shape index (κ3) is 6.93. The highest BCUT2D eigenvalue weighted by molar-refractivity contribution is 14.2. The molecule has 2 nitrogen and oxygen atoms in total. The zero-order chi connectivity index (χ0) is 5.70. The first-order valence-corrected chi connectivity index (χ1v) is 3.81. The minimum Gasteiger partial charge on any atom is -0.275 e. The minimum atomic E-state index is 0.864. The lowest BCUT2D eigenvalue weighted by atomic mass is 10.8. The van der Waals surface area contributed by atoms with Crippen LogP contribution in [-0.4, -0.2) is 14.2 Å². The molecule has 0 fully saturated rings. The summed E-state index contributed by atoms with van der Waals surface area (Å²) in [5, 5.41) is 0. The number of hydrogen-bond donors (Lipinski definition) is 0. The number of nitrogens with zero attached hydrogens (tertiary/aromatic N) is 2. The lowest BCUT2D eigenvalue weighted by molar-refractivity contribution is 1.11. The van der Waals surface area contributed by atoms with E-state index in [2.05, 4.69) is 50.7 Å². The van der Waals surface area contributed by atoms with Gasteiger partial charge in [0.15, 0.2) is 0 Å². The second kappa shape index (κ2) is 5.07. The van der Waals surface area contributed by atoms with Crippen molar-refractivity contribution in [2.45, 2.75) is 6.92 Å². The molecule has 0 aromatic rings. The molecule has 42 valence electrons. The van der Waals surface area contributed by atoms with Crippen molar-refractivity contribution >= 4 is 52.1 Å². The normalized spacial score (nSPS) is 10.1. The largest absolute Gasteiger partial charge is 0.275 e. The van der Waals surface area contributed by atoms with Crippen LogP contribution in [0.4, 0.5) is 0 Å². The van der Waals surface area contributed by atoms with Crippen LogP contribution in [0, 0.1) is 0 Å². The van der Waals surface area contributed by atoms with E-state index in [9.17, 15) is 0 Å². The first-order valence-electron chi connectivity index (χ1n) is 1.88. The van der Waals surface area contributed by atoms with Crippen molar-refractivity contribution in [1.29, 1.82) is 0 Å². The van der Waals surface area contributed by atoms with E-state index in [4.69, 9.17) is 0 Å². The second-order valence-corrected chi connectivity index (χ2v) is 4.80. The summed E-state index contributed by atoms with van der Waals surface area (Å²) in [6.45, 7) is 2.87. The van der Waals surface area contributed by atoms with Gasteiger partial charge < -0.3 is 0 Å². The molecule has 0 aliphatic heterocycles. The summed E-state index contributed by atoms with van der Waals surface area (Å²) in [7, 11) is 0. The van der Waals surface area contributed by atoms with Crippen molar-refractivity contribution in [1.82, 2.24) is 1.33 Å². The van der Waals surface area contributed by atoms with E-state index in [1.54, 1.807) is 6.34 Å². The summed E-state index contributed by atoms with van der Waals surface area (Å²) < 4.78 is 1.86. The number of rotatable bonds is 2. The van der Waals surface area contributed by atoms with Crippen molar-refractivity contribution in [3.05, 3.63) is 0 Å². The molecule has 4 heteroatoms. The molecular formula is C3H6I2N2. The molecule has 0 aliphatic carbocycles. The molecule has 0 bridgehead atoms. The molecule has 0 saturated carbocycles. The van der Waals surface area contributed by atoms with Gasteiger partial charge in [0.1, 0.15) is 6.34 Å². The smallest absolute Gasteiger partial charge is 0.103 e. The van der Waals surface area contributed by atoms with E-state index >= 15 is 0 Å². The average Bonchev–Trinajstić information content (AvgIpc) is 1.61. The van der Waals surface area contributed by atoms with Crippen LogP contribution in [0.5, 0.6) is 0 Å². The van der Waals surface area contributed by atoms with Gasteiger partial charge in [-0.1, -0.05) is 0 Å². The molecule has 7 heavy (non-hydrogen) atoms. The molecule has 0 aliphatic rings. The van der Waals surface area contributed by atoms with Crippen LogP contribution in [0.15, 0.2) is 4.99 Å². The third-order valence-electron chi connectivity index (χ3n) is 0.352. The zero-order valence-corrected chi connectivity index (χ0v) is 8.25. The highest BCUT2D eigenvalue weighted by Crippen LogP contribution is 2.01. The fraction of sp³-hybridized carbons (Fsp3) is 0.667. The monoisotopic (exact) mass is 324 g/mol. The molecule has 0 radical (unpaired) electrons. The van der Waals surface area contributed by atoms with Crippen LogP contribution in [0.1, 0.15) is 6.92 Å². The molecule has 0 amide bonds. The van der Waals surface area contributed by atoms with Crippen LogP contribution in [-0.2, 0) is 0 Å². The van der Waals surface area contributed by atoms with Crippen molar-refractivity contribution in [3.8, 4) is 0 Å². The maximum atomic E-state index is 3.96. The Morgan fingerprint density at radius 3 is 2.43 bits per heavy atom. The maximum Gasteiger partial charge on any atom is 0.103 e. The SMILES string of the molecule is CCN=CN(I)I. The maximum absolute atomic E-state index is 3.96. The van der Waals surface area contributed by atoms with Crippen molar-refractivity contribution in [2.24, 2.45) is 4.99 Å². The Bertz CT molecular complexity index is 62.0. The van der Waals surface area contributed by atoms with Gasteiger partial charge in [0, 0.05) is 6.54 Å². The van der Waals surface area contributed by atoms with Crippen molar-refractivity contribution in [3.63, 3.8) is 0 Å². The molecule has 0 N–H and O–H groups in total. The molecule has 0 aromatic heterocycles. The summed E-state index contributed by atoms with van der Waals surface area (Å²) >= 11 is 4.27. The number of aliphatic imine (C=N–C) groups is 1. The Morgan fingerprint density at radius 2 is 2.29 bits per heavy atom. The predicted octanol–water partition coefficient (Wildman–Crippen LogP) is 2.04. The highest BCUT2D eigenvalue weighted by Gasteiger charge is 1.76. The Labute approximate surface area is 71.4 Å². The van der Waals surface area contributed by atoms with Gasteiger partial charge in [0.25, 0.3) is 0 Å². The van der Waals surface area contributed by atoms with Gasteiger partial charge >= 0.3 is 0 Å². The van der Waals surface area contributed by atoms with Gasteiger partial charge in [-0.2, -0.15) is 0 Å². The van der Waals surface area contributed by atoms with E-state index in [-0.39, 0.29) is 0 Å². The van der Waals surface area contributed by atoms with E-state index in [0.29, 0.717) is 0 Å². The fourth-order valence-corrected chi connectivity index (χ4v) is 0.496.